The van der Waals surface area contributed by atoms with Crippen LogP contribution in [0.3, 0.4) is 0 Å². The number of rotatable bonds is 0. The lowest BCUT2D eigenvalue weighted by atomic mass is 10.8. The van der Waals surface area contributed by atoms with E-state index in [1.54, 1.807) is 0 Å². The van der Waals surface area contributed by atoms with Crippen LogP contribution in [-0.4, -0.2) is 20.5 Å². The quantitative estimate of drug-likeness (QED) is 0.276. The van der Waals surface area contributed by atoms with Crippen LogP contribution in [0, 0.1) is 0 Å². The van der Waals surface area contributed by atoms with Crippen molar-refractivity contribution < 1.29 is 0 Å². The molecule has 0 amide bonds. The second kappa shape index (κ2) is 1.66. The summed E-state index contributed by atoms with van der Waals surface area (Å²) in [5.41, 5.74) is 0. The molecule has 0 N–H and O–H groups in total. The van der Waals surface area contributed by atoms with Gasteiger partial charge >= 0.3 is 0 Å². The Morgan fingerprint density at radius 2 is 2.00 bits per heavy atom. The van der Waals surface area contributed by atoms with Gasteiger partial charge in [0, 0.05) is 0 Å². The Morgan fingerprint density at radius 1 is 2.00 bits per heavy atom. The molecule has 4 heavy (non-hydrogen) atoms. The van der Waals surface area contributed by atoms with E-state index in [0.29, 0.717) is 0 Å². The van der Waals surface area contributed by atoms with E-state index >= 15 is 0 Å². The first-order chi connectivity index (χ1) is 1.73. The topological polar surface area (TPSA) is 0 Å². The molecule has 0 spiro atoms. The largest absolute Gasteiger partial charge is 0.162 e. The highest BCUT2D eigenvalue weighted by Crippen LogP contribution is 1.97. The third-order valence-electron chi connectivity index (χ3n) is 0. The van der Waals surface area contributed by atoms with Crippen molar-refractivity contribution in [2.24, 2.45) is 0 Å². The van der Waals surface area contributed by atoms with Gasteiger partial charge in [0.15, 0.2) is 0 Å². The fourth-order valence-electron chi connectivity index (χ4n) is 0. The monoisotopic (exact) mass is 74.0 g/mol. The molecule has 0 aliphatic heterocycles. The van der Waals surface area contributed by atoms with E-state index in [-0.39, 0.29) is 7.42 Å². The Kier molecular flexibility index (Phi) is 1.81. The first-order valence-corrected chi connectivity index (χ1v) is 4.06. The zero-order chi connectivity index (χ0) is 3.58. The minimum absolute atomic E-state index is 0.130. The summed E-state index contributed by atoms with van der Waals surface area (Å²) in [4.78, 5) is 0. The van der Waals surface area contributed by atoms with E-state index < -0.39 is 0 Å². The molecule has 0 nitrogen and oxygen atoms in total. The van der Waals surface area contributed by atoms with Gasteiger partial charge in [-0.05, 0) is 0 Å². The molecule has 0 aromatic carbocycles. The van der Waals surface area contributed by atoms with E-state index in [1.165, 1.54) is 0 Å². The molecular weight excluding hydrogens is 65.8 g/mol. The number of hydrogen-bond acceptors (Lipinski definition) is 0. The summed E-state index contributed by atoms with van der Waals surface area (Å²) in [5.74, 6) is 0. The standard InChI is InChI=1S/C2H8BP/c1-4(2)3/h4H,1,3H2,2H3. The van der Waals surface area contributed by atoms with Gasteiger partial charge in [0.1, 0.15) is 7.57 Å². The molecule has 1 atom stereocenters. The van der Waals surface area contributed by atoms with Gasteiger partial charge in [-0.15, -0.1) is 6.30 Å². The Labute approximate surface area is 29.0 Å². The third-order valence-corrected chi connectivity index (χ3v) is 0. The first kappa shape index (κ1) is 4.36. The van der Waals surface area contributed by atoms with Crippen LogP contribution in [0.4, 0.5) is 0 Å². The highest BCUT2D eigenvalue weighted by Gasteiger charge is 1.51. The van der Waals surface area contributed by atoms with E-state index in [1.807, 2.05) is 0 Å². The summed E-state index contributed by atoms with van der Waals surface area (Å²) in [7, 11) is 2.03. The van der Waals surface area contributed by atoms with Crippen molar-refractivity contribution in [3.8, 4) is 0 Å². The molecular formula is C2H8BP. The summed E-state index contributed by atoms with van der Waals surface area (Å²) in [6.45, 7) is 2.16. The molecule has 0 radical (unpaired) electrons. The zero-order valence-corrected chi connectivity index (χ0v) is 4.21. The lowest BCUT2D eigenvalue weighted by Gasteiger charge is -1.66. The number of hydrogen-bond donors (Lipinski definition) is 0. The molecule has 0 aliphatic carbocycles. The van der Waals surface area contributed by atoms with Crippen molar-refractivity contribution in [2.45, 2.75) is 0 Å². The van der Waals surface area contributed by atoms with Gasteiger partial charge in [0.05, 0.1) is 0 Å². The van der Waals surface area contributed by atoms with Crippen LogP contribution in [0.15, 0.2) is 0 Å². The van der Waals surface area contributed by atoms with Crippen LogP contribution >= 0.6 is 7.42 Å². The second-order valence-electron chi connectivity index (χ2n) is 1.21. The van der Waals surface area contributed by atoms with Crippen molar-refractivity contribution in [1.29, 1.82) is 0 Å². The third kappa shape index (κ3) is 33.1. The van der Waals surface area contributed by atoms with Crippen LogP contribution in [-0.2, 0) is 0 Å². The molecule has 0 rings (SSSR count). The Hall–Kier alpha value is 0.365. The Morgan fingerprint density at radius 3 is 2.00 bits per heavy atom. The normalized spacial score (nSPS) is 15.2. The van der Waals surface area contributed by atoms with Gasteiger partial charge in [-0.25, -0.2) is 0 Å². The fourth-order valence-corrected chi connectivity index (χ4v) is 0. The van der Waals surface area contributed by atoms with E-state index in [2.05, 4.69) is 20.5 Å². The Bertz CT molecular complexity index is 29.0. The maximum absolute atomic E-state index is 3.74. The highest BCUT2D eigenvalue weighted by atomic mass is 31.1. The molecule has 0 fully saturated rings. The van der Waals surface area contributed by atoms with Gasteiger partial charge in [-0.1, -0.05) is 6.66 Å². The Balaban J connectivity index is 2.80. The minimum atomic E-state index is -0.130. The summed E-state index contributed by atoms with van der Waals surface area (Å²) >= 11 is 0. The summed E-state index contributed by atoms with van der Waals surface area (Å²) < 4.78 is 0. The van der Waals surface area contributed by atoms with Crippen LogP contribution < -0.4 is 0 Å². The van der Waals surface area contributed by atoms with Crippen molar-refractivity contribution in [1.82, 2.24) is 0 Å². The van der Waals surface area contributed by atoms with E-state index in [9.17, 15) is 0 Å². The molecule has 0 heterocycles. The second-order valence-corrected chi connectivity index (χ2v) is 3.62. The molecule has 0 saturated heterocycles. The molecule has 0 aromatic heterocycles. The molecule has 0 aliphatic rings. The summed E-state index contributed by atoms with van der Waals surface area (Å²) in [5, 5.41) is 0. The molecule has 0 saturated carbocycles. The summed E-state index contributed by atoms with van der Waals surface area (Å²) in [6, 6.07) is 0. The van der Waals surface area contributed by atoms with Crippen molar-refractivity contribution >= 4 is 21.3 Å². The fraction of sp³-hybridized carbons (Fsp3) is 0.500. The molecule has 1 unspecified atom stereocenters. The zero-order valence-electron chi connectivity index (χ0n) is 3.21. The average molecular weight is 73.9 g/mol. The maximum Gasteiger partial charge on any atom is 0.130 e. The molecule has 0 aromatic rings. The summed E-state index contributed by atoms with van der Waals surface area (Å²) in [6.07, 6.45) is 3.74. The average Bonchev–Trinajstić information content (AvgIpc) is 0.811. The van der Waals surface area contributed by atoms with Gasteiger partial charge in [0.2, 0.25) is 0 Å². The predicted molar refractivity (Wildman–Crippen MR) is 29.9 cm³/mol. The van der Waals surface area contributed by atoms with Crippen LogP contribution in [0.25, 0.3) is 0 Å². The molecule has 2 heteroatoms. The van der Waals surface area contributed by atoms with Crippen LogP contribution in [0.1, 0.15) is 0 Å². The van der Waals surface area contributed by atoms with E-state index in [4.69, 9.17) is 0 Å². The molecule has 24 valence electrons. The molecule has 0 bridgehead atoms. The first-order valence-electron chi connectivity index (χ1n) is 1.35. The predicted octanol–water partition coefficient (Wildman–Crippen LogP) is -0.190. The van der Waals surface area contributed by atoms with Gasteiger partial charge in [-0.2, -0.15) is 7.42 Å². The van der Waals surface area contributed by atoms with Gasteiger partial charge in [-0.3, -0.25) is 0 Å². The van der Waals surface area contributed by atoms with Gasteiger partial charge in [0.25, 0.3) is 0 Å². The lowest BCUT2D eigenvalue weighted by molar-refractivity contribution is 2.50. The van der Waals surface area contributed by atoms with Crippen LogP contribution in [0.2, 0.25) is 0 Å². The smallest absolute Gasteiger partial charge is 0.130 e. The van der Waals surface area contributed by atoms with E-state index in [0.717, 1.165) is 0 Å². The maximum atomic E-state index is 3.74. The van der Waals surface area contributed by atoms with Crippen molar-refractivity contribution in [3.63, 3.8) is 0 Å². The van der Waals surface area contributed by atoms with Crippen molar-refractivity contribution in [2.75, 3.05) is 6.66 Å². The van der Waals surface area contributed by atoms with Gasteiger partial charge < -0.3 is 0 Å². The highest BCUT2D eigenvalue weighted by molar-refractivity contribution is 7.79. The van der Waals surface area contributed by atoms with Crippen LogP contribution in [0.5, 0.6) is 0 Å². The minimum Gasteiger partial charge on any atom is -0.162 e. The SMILES string of the molecule is B[PH](=C)C. The van der Waals surface area contributed by atoms with Crippen molar-refractivity contribution in [3.05, 3.63) is 0 Å². The lowest BCUT2D eigenvalue weighted by Crippen LogP contribution is -1.40.